The Bertz CT molecular complexity index is 688. The Labute approximate surface area is 146 Å². The van der Waals surface area contributed by atoms with Gasteiger partial charge in [0.25, 0.3) is 5.91 Å². The van der Waals surface area contributed by atoms with Gasteiger partial charge in [0.1, 0.15) is 17.2 Å². The highest BCUT2D eigenvalue weighted by molar-refractivity contribution is 6.33. The summed E-state index contributed by atoms with van der Waals surface area (Å²) < 4.78 is 16.0. The van der Waals surface area contributed by atoms with Gasteiger partial charge in [0, 0.05) is 6.07 Å². The van der Waals surface area contributed by atoms with Crippen LogP contribution in [0.4, 0.5) is 5.69 Å². The predicted molar refractivity (Wildman–Crippen MR) is 94.3 cm³/mol. The molecule has 1 amide bonds. The minimum absolute atomic E-state index is 0.275. The van der Waals surface area contributed by atoms with Crippen molar-refractivity contribution in [3.63, 3.8) is 0 Å². The molecule has 0 aliphatic rings. The normalized spacial score (nSPS) is 11.5. The smallest absolute Gasteiger partial charge is 0.265 e. The summed E-state index contributed by atoms with van der Waals surface area (Å²) in [6, 6.07) is 12.1. The number of methoxy groups -OCH3 is 2. The summed E-state index contributed by atoms with van der Waals surface area (Å²) in [6.07, 6.45) is -0.125. The van der Waals surface area contributed by atoms with E-state index < -0.39 is 6.10 Å². The van der Waals surface area contributed by atoms with Crippen LogP contribution in [0, 0.1) is 0 Å². The maximum absolute atomic E-state index is 12.5. The van der Waals surface area contributed by atoms with Gasteiger partial charge in [-0.15, -0.1) is 0 Å². The maximum Gasteiger partial charge on any atom is 0.265 e. The number of carbonyl (C=O) groups excluding carboxylic acids is 1. The van der Waals surface area contributed by atoms with Gasteiger partial charge in [-0.05, 0) is 42.8 Å². The van der Waals surface area contributed by atoms with E-state index >= 15 is 0 Å². The number of anilines is 1. The summed E-state index contributed by atoms with van der Waals surface area (Å²) in [7, 11) is 3.15. The molecule has 5 nitrogen and oxygen atoms in total. The standard InChI is InChI=1S/C18H20ClNO4/c1-4-17(24-13-7-5-12(22-2)6-8-13)18(21)20-16-11-14(23-3)9-10-15(16)19/h5-11,17H,4H2,1-3H3,(H,20,21). The second kappa shape index (κ2) is 8.45. The first-order chi connectivity index (χ1) is 11.6. The highest BCUT2D eigenvalue weighted by atomic mass is 35.5. The molecule has 1 N–H and O–H groups in total. The van der Waals surface area contributed by atoms with Gasteiger partial charge < -0.3 is 19.5 Å². The summed E-state index contributed by atoms with van der Waals surface area (Å²) >= 11 is 6.11. The van der Waals surface area contributed by atoms with Crippen LogP contribution in [-0.4, -0.2) is 26.2 Å². The molecule has 0 fully saturated rings. The Hall–Kier alpha value is -2.40. The van der Waals surface area contributed by atoms with Crippen LogP contribution in [0.15, 0.2) is 42.5 Å². The highest BCUT2D eigenvalue weighted by Crippen LogP contribution is 2.27. The zero-order valence-corrected chi connectivity index (χ0v) is 14.6. The number of hydrogen-bond donors (Lipinski definition) is 1. The van der Waals surface area contributed by atoms with Crippen molar-refractivity contribution < 1.29 is 19.0 Å². The molecule has 0 bridgehead atoms. The number of nitrogens with one attached hydrogen (secondary N) is 1. The third-order valence-electron chi connectivity index (χ3n) is 3.43. The first-order valence-electron chi connectivity index (χ1n) is 7.52. The Kier molecular flexibility index (Phi) is 6.32. The second-order valence-electron chi connectivity index (χ2n) is 5.03. The van der Waals surface area contributed by atoms with E-state index in [1.54, 1.807) is 56.7 Å². The van der Waals surface area contributed by atoms with Crippen molar-refractivity contribution in [3.8, 4) is 17.2 Å². The van der Waals surface area contributed by atoms with Crippen molar-refractivity contribution in [1.82, 2.24) is 0 Å². The molecule has 0 radical (unpaired) electrons. The fraction of sp³-hybridized carbons (Fsp3) is 0.278. The van der Waals surface area contributed by atoms with E-state index in [0.717, 1.165) is 5.75 Å². The van der Waals surface area contributed by atoms with Crippen LogP contribution in [0.25, 0.3) is 0 Å². The van der Waals surface area contributed by atoms with Crippen LogP contribution >= 0.6 is 11.6 Å². The number of carbonyl (C=O) groups is 1. The molecule has 2 aromatic rings. The number of rotatable bonds is 7. The summed E-state index contributed by atoms with van der Waals surface area (Å²) in [4.78, 5) is 12.5. The zero-order chi connectivity index (χ0) is 17.5. The number of ether oxygens (including phenoxy) is 3. The van der Waals surface area contributed by atoms with E-state index in [1.165, 1.54) is 0 Å². The molecule has 0 aliphatic heterocycles. The SMILES string of the molecule is CCC(Oc1ccc(OC)cc1)C(=O)Nc1cc(OC)ccc1Cl. The monoisotopic (exact) mass is 349 g/mol. The molecule has 6 heteroatoms. The van der Waals surface area contributed by atoms with E-state index in [4.69, 9.17) is 25.8 Å². The van der Waals surface area contributed by atoms with E-state index in [1.807, 2.05) is 6.92 Å². The van der Waals surface area contributed by atoms with Gasteiger partial charge in [-0.2, -0.15) is 0 Å². The average Bonchev–Trinajstić information content (AvgIpc) is 2.61. The minimum atomic E-state index is -0.638. The summed E-state index contributed by atoms with van der Waals surface area (Å²) in [5, 5.41) is 3.21. The van der Waals surface area contributed by atoms with Crippen molar-refractivity contribution in [2.75, 3.05) is 19.5 Å². The van der Waals surface area contributed by atoms with Crippen LogP contribution in [0.3, 0.4) is 0 Å². The van der Waals surface area contributed by atoms with Crippen molar-refractivity contribution >= 4 is 23.2 Å². The number of halogens is 1. The highest BCUT2D eigenvalue weighted by Gasteiger charge is 2.19. The van der Waals surface area contributed by atoms with Crippen LogP contribution < -0.4 is 19.5 Å². The zero-order valence-electron chi connectivity index (χ0n) is 13.8. The lowest BCUT2D eigenvalue weighted by Gasteiger charge is -2.18. The molecule has 2 aromatic carbocycles. The molecule has 0 aromatic heterocycles. The fourth-order valence-corrected chi connectivity index (χ4v) is 2.25. The topological polar surface area (TPSA) is 56.8 Å². The average molecular weight is 350 g/mol. The predicted octanol–water partition coefficient (Wildman–Crippen LogP) is 4.15. The molecular weight excluding hydrogens is 330 g/mol. The summed E-state index contributed by atoms with van der Waals surface area (Å²) in [6.45, 7) is 1.88. The van der Waals surface area contributed by atoms with E-state index in [-0.39, 0.29) is 5.91 Å². The molecule has 0 aliphatic carbocycles. The first-order valence-corrected chi connectivity index (χ1v) is 7.90. The van der Waals surface area contributed by atoms with Gasteiger partial charge in [0.2, 0.25) is 0 Å². The van der Waals surface area contributed by atoms with Crippen LogP contribution in [0.1, 0.15) is 13.3 Å². The van der Waals surface area contributed by atoms with Crippen LogP contribution in [-0.2, 0) is 4.79 Å². The van der Waals surface area contributed by atoms with Gasteiger partial charge in [-0.25, -0.2) is 0 Å². The van der Waals surface area contributed by atoms with Gasteiger partial charge in [-0.1, -0.05) is 18.5 Å². The quantitative estimate of drug-likeness (QED) is 0.815. The van der Waals surface area contributed by atoms with E-state index in [2.05, 4.69) is 5.32 Å². The fourth-order valence-electron chi connectivity index (χ4n) is 2.08. The van der Waals surface area contributed by atoms with Gasteiger partial charge in [0.15, 0.2) is 6.10 Å². The third-order valence-corrected chi connectivity index (χ3v) is 3.76. The molecule has 24 heavy (non-hydrogen) atoms. The van der Waals surface area contributed by atoms with E-state index in [9.17, 15) is 4.79 Å². The molecule has 1 unspecified atom stereocenters. The van der Waals surface area contributed by atoms with Crippen molar-refractivity contribution in [1.29, 1.82) is 0 Å². The van der Waals surface area contributed by atoms with Gasteiger partial charge in [0.05, 0.1) is 24.9 Å². The largest absolute Gasteiger partial charge is 0.497 e. The molecule has 0 saturated carbocycles. The van der Waals surface area contributed by atoms with Crippen LogP contribution in [0.2, 0.25) is 5.02 Å². The molecule has 0 spiro atoms. The van der Waals surface area contributed by atoms with Crippen molar-refractivity contribution in [2.45, 2.75) is 19.4 Å². The Morgan fingerprint density at radius 2 is 1.62 bits per heavy atom. The number of hydrogen-bond acceptors (Lipinski definition) is 4. The lowest BCUT2D eigenvalue weighted by atomic mass is 10.2. The maximum atomic E-state index is 12.5. The Morgan fingerprint density at radius 1 is 1.04 bits per heavy atom. The van der Waals surface area contributed by atoms with Crippen LogP contribution in [0.5, 0.6) is 17.2 Å². The van der Waals surface area contributed by atoms with Crippen molar-refractivity contribution in [3.05, 3.63) is 47.5 Å². The molecular formula is C18H20ClNO4. The lowest BCUT2D eigenvalue weighted by Crippen LogP contribution is -2.32. The van der Waals surface area contributed by atoms with Crippen molar-refractivity contribution in [2.24, 2.45) is 0 Å². The summed E-state index contributed by atoms with van der Waals surface area (Å²) in [5.41, 5.74) is 0.484. The molecule has 0 heterocycles. The molecule has 0 saturated heterocycles. The number of benzene rings is 2. The second-order valence-corrected chi connectivity index (χ2v) is 5.43. The van der Waals surface area contributed by atoms with Gasteiger partial charge >= 0.3 is 0 Å². The summed E-state index contributed by atoms with van der Waals surface area (Å²) in [5.74, 6) is 1.65. The lowest BCUT2D eigenvalue weighted by molar-refractivity contribution is -0.122. The Morgan fingerprint density at radius 3 is 2.21 bits per heavy atom. The number of amides is 1. The molecule has 2 rings (SSSR count). The minimum Gasteiger partial charge on any atom is -0.497 e. The molecule has 1 atom stereocenters. The van der Waals surface area contributed by atoms with E-state index in [0.29, 0.717) is 28.6 Å². The Balaban J connectivity index is 2.08. The van der Waals surface area contributed by atoms with Gasteiger partial charge in [-0.3, -0.25) is 4.79 Å². The molecule has 128 valence electrons. The third kappa shape index (κ3) is 4.55. The first kappa shape index (κ1) is 17.9.